The van der Waals surface area contributed by atoms with Crippen LogP contribution in [0.25, 0.3) is 11.1 Å². The molecule has 2 aromatic rings. The molecule has 0 amide bonds. The summed E-state index contributed by atoms with van der Waals surface area (Å²) in [6, 6.07) is 9.21. The molecule has 0 spiro atoms. The van der Waals surface area contributed by atoms with Gasteiger partial charge in [0.1, 0.15) is 0 Å². The van der Waals surface area contributed by atoms with E-state index in [1.807, 2.05) is 23.9 Å². The van der Waals surface area contributed by atoms with Gasteiger partial charge in [-0.3, -0.25) is 0 Å². The van der Waals surface area contributed by atoms with Crippen LogP contribution in [0.5, 0.6) is 0 Å². The van der Waals surface area contributed by atoms with E-state index in [1.165, 1.54) is 22.9 Å². The Morgan fingerprint density at radius 1 is 1.17 bits per heavy atom. The Morgan fingerprint density at radius 2 is 2.00 bits per heavy atom. The number of nitrogens with one attached hydrogen (secondary N) is 1. The lowest BCUT2D eigenvalue weighted by Gasteiger charge is -2.33. The van der Waals surface area contributed by atoms with Crippen LogP contribution in [0.4, 0.5) is 18.9 Å². The number of rotatable bonds is 1. The molecule has 1 fully saturated rings. The van der Waals surface area contributed by atoms with Crippen molar-refractivity contribution < 1.29 is 18.6 Å². The highest BCUT2D eigenvalue weighted by Gasteiger charge is 2.42. The third kappa shape index (κ3) is 3.43. The molecular weight excluding hydrogens is 397 g/mol. The number of alkyl halides is 3. The molecule has 3 aliphatic heterocycles. The van der Waals surface area contributed by atoms with Gasteiger partial charge in [-0.1, -0.05) is 17.7 Å². The normalized spacial score (nSPS) is 23.1. The van der Waals surface area contributed by atoms with Crippen molar-refractivity contribution in [3.63, 3.8) is 0 Å². The van der Waals surface area contributed by atoms with E-state index >= 15 is 0 Å². The van der Waals surface area contributed by atoms with E-state index in [1.54, 1.807) is 19.1 Å². The highest BCUT2D eigenvalue weighted by atomic mass is 32.2. The Bertz CT molecular complexity index is 931. The van der Waals surface area contributed by atoms with E-state index in [4.69, 9.17) is 0 Å². The van der Waals surface area contributed by atoms with Crippen LogP contribution < -0.4 is 10.2 Å². The molecule has 7 heteroatoms. The number of anilines is 1. The first-order valence-electron chi connectivity index (χ1n) is 9.83. The first-order chi connectivity index (χ1) is 13.4. The second-order valence-corrected chi connectivity index (χ2v) is 9.14. The minimum absolute atomic E-state index is 0. The van der Waals surface area contributed by atoms with E-state index in [9.17, 15) is 13.2 Å². The van der Waals surface area contributed by atoms with Gasteiger partial charge >= 0.3 is 6.18 Å². The molecular formula is C22H25F3N2OS. The predicted molar refractivity (Wildman–Crippen MR) is 113 cm³/mol. The summed E-state index contributed by atoms with van der Waals surface area (Å²) in [5, 5.41) is 3.49. The third-order valence-electron chi connectivity index (χ3n) is 6.28. The maximum Gasteiger partial charge on any atom is 0.417 e. The summed E-state index contributed by atoms with van der Waals surface area (Å²) in [5.74, 6) is 2.30. The standard InChI is InChI=1S/C22H23F3N2S.H2O/c1-13-2-3-16(19(8-13)22(23,24)25)14-9-15-12-28-7-6-27-20-4-5-26-11-18(20)17(10-14)21(15)27;/h2-3,8-10,18,20,26H,4-7,11-12H2,1H3;1H2/t18-,20-;/m0./s1. The van der Waals surface area contributed by atoms with E-state index < -0.39 is 11.7 Å². The molecule has 156 valence electrons. The first-order valence-corrected chi connectivity index (χ1v) is 11.0. The van der Waals surface area contributed by atoms with Crippen molar-refractivity contribution in [1.82, 2.24) is 5.32 Å². The number of hydrogen-bond acceptors (Lipinski definition) is 3. The maximum absolute atomic E-state index is 13.8. The molecule has 3 nitrogen and oxygen atoms in total. The Morgan fingerprint density at radius 3 is 2.79 bits per heavy atom. The van der Waals surface area contributed by atoms with Gasteiger partial charge in [-0.05, 0) is 60.3 Å². The molecule has 2 aromatic carbocycles. The van der Waals surface area contributed by atoms with Crippen LogP contribution in [-0.2, 0) is 11.9 Å². The fourth-order valence-electron chi connectivity index (χ4n) is 5.09. The molecule has 0 radical (unpaired) electrons. The number of benzene rings is 2. The van der Waals surface area contributed by atoms with Crippen molar-refractivity contribution in [2.24, 2.45) is 0 Å². The topological polar surface area (TPSA) is 46.8 Å². The number of fused-ring (bicyclic) bond motifs is 3. The van der Waals surface area contributed by atoms with Crippen LogP contribution in [0, 0.1) is 6.92 Å². The van der Waals surface area contributed by atoms with Gasteiger partial charge in [0, 0.05) is 42.2 Å². The Balaban J connectivity index is 0.00000205. The van der Waals surface area contributed by atoms with Crippen molar-refractivity contribution in [1.29, 1.82) is 0 Å². The second-order valence-electron chi connectivity index (χ2n) is 8.03. The van der Waals surface area contributed by atoms with Crippen molar-refractivity contribution >= 4 is 17.4 Å². The fourth-order valence-corrected chi connectivity index (χ4v) is 6.00. The Labute approximate surface area is 173 Å². The zero-order chi connectivity index (χ0) is 19.5. The van der Waals surface area contributed by atoms with Gasteiger partial charge in [0.05, 0.1) is 5.56 Å². The average molecular weight is 423 g/mol. The van der Waals surface area contributed by atoms with E-state index in [-0.39, 0.29) is 5.48 Å². The highest BCUT2D eigenvalue weighted by Crippen LogP contribution is 2.50. The van der Waals surface area contributed by atoms with Crippen LogP contribution in [0.2, 0.25) is 0 Å². The fraction of sp³-hybridized carbons (Fsp3) is 0.455. The van der Waals surface area contributed by atoms with Crippen LogP contribution in [0.1, 0.15) is 34.6 Å². The summed E-state index contributed by atoms with van der Waals surface area (Å²) in [5.41, 5.74) is 4.83. The summed E-state index contributed by atoms with van der Waals surface area (Å²) >= 11 is 1.88. The van der Waals surface area contributed by atoms with Gasteiger partial charge in [0.25, 0.3) is 0 Å². The van der Waals surface area contributed by atoms with Crippen molar-refractivity contribution in [2.75, 3.05) is 30.3 Å². The summed E-state index contributed by atoms with van der Waals surface area (Å²) < 4.78 is 41.3. The predicted octanol–water partition coefficient (Wildman–Crippen LogP) is 4.37. The molecule has 0 saturated carbocycles. The van der Waals surface area contributed by atoms with Gasteiger partial charge < -0.3 is 15.7 Å². The Kier molecular flexibility index (Phi) is 5.34. The van der Waals surface area contributed by atoms with Gasteiger partial charge in [-0.2, -0.15) is 24.9 Å². The van der Waals surface area contributed by atoms with E-state index in [0.717, 1.165) is 37.6 Å². The maximum atomic E-state index is 13.8. The second kappa shape index (κ2) is 7.52. The molecule has 0 aromatic heterocycles. The monoisotopic (exact) mass is 422 g/mol. The zero-order valence-corrected chi connectivity index (χ0v) is 17.1. The molecule has 3 aliphatic rings. The lowest BCUT2D eigenvalue weighted by atomic mass is 9.87. The molecule has 29 heavy (non-hydrogen) atoms. The van der Waals surface area contributed by atoms with E-state index in [2.05, 4.69) is 10.2 Å². The molecule has 2 atom stereocenters. The van der Waals surface area contributed by atoms with Gasteiger partial charge in [-0.15, -0.1) is 0 Å². The van der Waals surface area contributed by atoms with Crippen molar-refractivity contribution in [3.8, 4) is 11.1 Å². The molecule has 3 N–H and O–H groups in total. The minimum Gasteiger partial charge on any atom is -0.412 e. The number of aryl methyl sites for hydroxylation is 1. The molecule has 1 saturated heterocycles. The van der Waals surface area contributed by atoms with Gasteiger partial charge in [-0.25, -0.2) is 0 Å². The molecule has 5 rings (SSSR count). The van der Waals surface area contributed by atoms with Crippen molar-refractivity contribution in [3.05, 3.63) is 52.6 Å². The molecule has 0 unspecified atom stereocenters. The van der Waals surface area contributed by atoms with Crippen LogP contribution >= 0.6 is 11.8 Å². The summed E-state index contributed by atoms with van der Waals surface area (Å²) in [7, 11) is 0. The smallest absolute Gasteiger partial charge is 0.412 e. The summed E-state index contributed by atoms with van der Waals surface area (Å²) in [6.45, 7) is 4.66. The van der Waals surface area contributed by atoms with Crippen LogP contribution in [0.15, 0.2) is 30.3 Å². The molecule has 0 bridgehead atoms. The minimum atomic E-state index is -4.36. The van der Waals surface area contributed by atoms with Gasteiger partial charge in [0.15, 0.2) is 0 Å². The van der Waals surface area contributed by atoms with Crippen LogP contribution in [0.3, 0.4) is 0 Å². The average Bonchev–Trinajstić information content (AvgIpc) is 2.82. The lowest BCUT2D eigenvalue weighted by Crippen LogP contribution is -2.44. The number of nitrogens with zero attached hydrogens (tertiary/aromatic N) is 1. The van der Waals surface area contributed by atoms with Crippen molar-refractivity contribution in [2.45, 2.75) is 37.2 Å². The highest BCUT2D eigenvalue weighted by molar-refractivity contribution is 7.98. The SMILES string of the molecule is Cc1ccc(-c2cc3c4c(c2)[C@@H]2CNCC[C@@H]2N4CCSC3)c(C(F)(F)F)c1.O. The number of hydrogen-bond donors (Lipinski definition) is 1. The number of thioether (sulfide) groups is 1. The quantitative estimate of drug-likeness (QED) is 0.743. The summed E-state index contributed by atoms with van der Waals surface area (Å²) in [6.07, 6.45) is -3.26. The summed E-state index contributed by atoms with van der Waals surface area (Å²) in [4.78, 5) is 2.54. The zero-order valence-electron chi connectivity index (χ0n) is 16.3. The molecule has 0 aliphatic carbocycles. The van der Waals surface area contributed by atoms with Crippen LogP contribution in [-0.4, -0.2) is 36.9 Å². The third-order valence-corrected chi connectivity index (χ3v) is 7.26. The number of piperidine rings is 1. The largest absolute Gasteiger partial charge is 0.417 e. The molecule has 3 heterocycles. The first kappa shape index (κ1) is 20.6. The number of halogens is 3. The lowest BCUT2D eigenvalue weighted by molar-refractivity contribution is -0.137. The Hall–Kier alpha value is -1.70. The van der Waals surface area contributed by atoms with E-state index in [0.29, 0.717) is 28.7 Å². The van der Waals surface area contributed by atoms with Gasteiger partial charge in [0.2, 0.25) is 0 Å².